The van der Waals surface area contributed by atoms with Gasteiger partial charge in [0.05, 0.1) is 24.4 Å². The van der Waals surface area contributed by atoms with E-state index in [9.17, 15) is 0 Å². The first-order valence-corrected chi connectivity index (χ1v) is 5.03. The van der Waals surface area contributed by atoms with Crippen molar-refractivity contribution in [1.29, 1.82) is 0 Å². The molecule has 4 heteroatoms. The van der Waals surface area contributed by atoms with Crippen LogP contribution < -0.4 is 4.74 Å². The first kappa shape index (κ1) is 11.3. The van der Waals surface area contributed by atoms with Crippen LogP contribution in [0.5, 0.6) is 5.75 Å². The first-order chi connectivity index (χ1) is 6.86. The van der Waals surface area contributed by atoms with Crippen molar-refractivity contribution >= 4 is 11.6 Å². The van der Waals surface area contributed by atoms with Crippen molar-refractivity contribution in [2.45, 2.75) is 12.3 Å². The second kappa shape index (κ2) is 6.62. The molecule has 0 spiro atoms. The maximum absolute atomic E-state index is 5.61. The Balaban J connectivity index is 2.29. The molecule has 0 bridgehead atoms. The van der Waals surface area contributed by atoms with Gasteiger partial charge in [0, 0.05) is 20.1 Å². The maximum Gasteiger partial charge on any atom is 0.137 e. The van der Waals surface area contributed by atoms with Gasteiger partial charge in [0.15, 0.2) is 0 Å². The van der Waals surface area contributed by atoms with E-state index in [0.717, 1.165) is 17.9 Å². The third-order valence-electron chi connectivity index (χ3n) is 1.70. The van der Waals surface area contributed by atoms with Crippen LogP contribution in [-0.2, 0) is 10.6 Å². The van der Waals surface area contributed by atoms with Gasteiger partial charge in [0.2, 0.25) is 0 Å². The van der Waals surface area contributed by atoms with Crippen LogP contribution in [0.3, 0.4) is 0 Å². The van der Waals surface area contributed by atoms with E-state index in [1.807, 2.05) is 12.1 Å². The predicted octanol–water partition coefficient (Wildman–Crippen LogP) is 2.24. The van der Waals surface area contributed by atoms with Crippen molar-refractivity contribution in [1.82, 2.24) is 4.98 Å². The number of nitrogens with zero attached hydrogens (tertiary/aromatic N) is 1. The largest absolute Gasteiger partial charge is 0.492 e. The Morgan fingerprint density at radius 1 is 1.36 bits per heavy atom. The molecule has 0 amide bonds. The lowest BCUT2D eigenvalue weighted by Gasteiger charge is -2.05. The van der Waals surface area contributed by atoms with Crippen LogP contribution in [0.15, 0.2) is 18.3 Å². The zero-order valence-electron chi connectivity index (χ0n) is 8.20. The van der Waals surface area contributed by atoms with Gasteiger partial charge >= 0.3 is 0 Å². The first-order valence-electron chi connectivity index (χ1n) is 4.49. The molecule has 0 atom stereocenters. The minimum Gasteiger partial charge on any atom is -0.492 e. The standard InChI is InChI=1S/C10H14ClNO2/c1-13-5-2-6-14-10-4-3-9(7-11)12-8-10/h3-4,8H,2,5-7H2,1H3. The molecule has 0 radical (unpaired) electrons. The van der Waals surface area contributed by atoms with E-state index in [4.69, 9.17) is 21.1 Å². The van der Waals surface area contributed by atoms with Gasteiger partial charge in [-0.2, -0.15) is 0 Å². The van der Waals surface area contributed by atoms with Crippen LogP contribution in [0.1, 0.15) is 12.1 Å². The summed E-state index contributed by atoms with van der Waals surface area (Å²) in [6, 6.07) is 3.73. The lowest BCUT2D eigenvalue weighted by atomic mass is 10.4. The molecule has 3 nitrogen and oxygen atoms in total. The molecule has 1 rings (SSSR count). The van der Waals surface area contributed by atoms with Gasteiger partial charge in [-0.3, -0.25) is 4.98 Å². The highest BCUT2D eigenvalue weighted by atomic mass is 35.5. The van der Waals surface area contributed by atoms with Crippen LogP contribution >= 0.6 is 11.6 Å². The predicted molar refractivity (Wildman–Crippen MR) is 55.8 cm³/mol. The third-order valence-corrected chi connectivity index (χ3v) is 1.97. The lowest BCUT2D eigenvalue weighted by Crippen LogP contribution is -2.01. The van der Waals surface area contributed by atoms with Crippen molar-refractivity contribution in [2.24, 2.45) is 0 Å². The van der Waals surface area contributed by atoms with Gasteiger partial charge in [-0.05, 0) is 12.1 Å². The summed E-state index contributed by atoms with van der Waals surface area (Å²) in [6.45, 7) is 1.36. The molecule has 1 aromatic rings. The zero-order valence-corrected chi connectivity index (χ0v) is 8.96. The average Bonchev–Trinajstić information content (AvgIpc) is 2.25. The molecule has 0 aliphatic carbocycles. The van der Waals surface area contributed by atoms with E-state index in [1.54, 1.807) is 13.3 Å². The minimum absolute atomic E-state index is 0.434. The monoisotopic (exact) mass is 215 g/mol. The van der Waals surface area contributed by atoms with E-state index in [2.05, 4.69) is 4.98 Å². The molecule has 78 valence electrons. The Morgan fingerprint density at radius 2 is 2.21 bits per heavy atom. The summed E-state index contributed by atoms with van der Waals surface area (Å²) in [7, 11) is 1.68. The highest BCUT2D eigenvalue weighted by molar-refractivity contribution is 6.16. The summed E-state index contributed by atoms with van der Waals surface area (Å²) in [5.74, 6) is 1.21. The molecular weight excluding hydrogens is 202 g/mol. The summed E-state index contributed by atoms with van der Waals surface area (Å²) in [5.41, 5.74) is 0.857. The van der Waals surface area contributed by atoms with Crippen LogP contribution in [-0.4, -0.2) is 25.3 Å². The maximum atomic E-state index is 5.61. The Hall–Kier alpha value is -0.800. The molecule has 0 saturated carbocycles. The summed E-state index contributed by atoms with van der Waals surface area (Å²) in [5, 5.41) is 0. The molecule has 0 aliphatic heterocycles. The van der Waals surface area contributed by atoms with Crippen LogP contribution in [0.25, 0.3) is 0 Å². The van der Waals surface area contributed by atoms with E-state index < -0.39 is 0 Å². The number of aromatic nitrogens is 1. The van der Waals surface area contributed by atoms with Crippen molar-refractivity contribution in [3.63, 3.8) is 0 Å². The second-order valence-corrected chi connectivity index (χ2v) is 3.08. The van der Waals surface area contributed by atoms with Gasteiger partial charge < -0.3 is 9.47 Å². The van der Waals surface area contributed by atoms with Crippen molar-refractivity contribution in [2.75, 3.05) is 20.3 Å². The molecule has 14 heavy (non-hydrogen) atoms. The molecule has 0 unspecified atom stereocenters. The van der Waals surface area contributed by atoms with Crippen LogP contribution in [0.4, 0.5) is 0 Å². The molecular formula is C10H14ClNO2. The molecule has 0 aliphatic rings. The fourth-order valence-electron chi connectivity index (χ4n) is 0.969. The third kappa shape index (κ3) is 3.94. The van der Waals surface area contributed by atoms with Gasteiger partial charge in [0.1, 0.15) is 5.75 Å². The Labute approximate surface area is 89.0 Å². The SMILES string of the molecule is COCCCOc1ccc(CCl)nc1. The number of halogens is 1. The molecule has 0 aromatic carbocycles. The molecule has 1 aromatic heterocycles. The average molecular weight is 216 g/mol. The number of methoxy groups -OCH3 is 1. The molecule has 0 N–H and O–H groups in total. The van der Waals surface area contributed by atoms with Gasteiger partial charge in [0.25, 0.3) is 0 Å². The topological polar surface area (TPSA) is 31.4 Å². The lowest BCUT2D eigenvalue weighted by molar-refractivity contribution is 0.172. The van der Waals surface area contributed by atoms with Crippen molar-refractivity contribution in [3.8, 4) is 5.75 Å². The number of ether oxygens (including phenoxy) is 2. The van der Waals surface area contributed by atoms with E-state index >= 15 is 0 Å². The zero-order chi connectivity index (χ0) is 10.2. The Bertz CT molecular complexity index is 251. The van der Waals surface area contributed by atoms with Gasteiger partial charge in [-0.1, -0.05) is 0 Å². The summed E-state index contributed by atoms with van der Waals surface area (Å²) in [4.78, 5) is 4.11. The number of rotatable bonds is 6. The van der Waals surface area contributed by atoms with Crippen molar-refractivity contribution in [3.05, 3.63) is 24.0 Å². The van der Waals surface area contributed by atoms with Gasteiger partial charge in [-0.25, -0.2) is 0 Å². The van der Waals surface area contributed by atoms with Crippen LogP contribution in [0, 0.1) is 0 Å². The second-order valence-electron chi connectivity index (χ2n) is 2.81. The van der Waals surface area contributed by atoms with E-state index in [1.165, 1.54) is 0 Å². The molecule has 0 fully saturated rings. The molecule has 0 saturated heterocycles. The molecule has 1 heterocycles. The quantitative estimate of drug-likeness (QED) is 0.539. The normalized spacial score (nSPS) is 10.1. The summed E-state index contributed by atoms with van der Waals surface area (Å²) >= 11 is 5.61. The highest BCUT2D eigenvalue weighted by Gasteiger charge is 1.95. The highest BCUT2D eigenvalue weighted by Crippen LogP contribution is 2.10. The summed E-state index contributed by atoms with van der Waals surface area (Å²) in [6.07, 6.45) is 2.57. The Kier molecular flexibility index (Phi) is 5.33. The summed E-state index contributed by atoms with van der Waals surface area (Å²) < 4.78 is 10.3. The van der Waals surface area contributed by atoms with Crippen molar-refractivity contribution < 1.29 is 9.47 Å². The minimum atomic E-state index is 0.434. The fraction of sp³-hybridized carbons (Fsp3) is 0.500. The number of hydrogen-bond donors (Lipinski definition) is 0. The fourth-order valence-corrected chi connectivity index (χ4v) is 1.13. The number of pyridine rings is 1. The van der Waals surface area contributed by atoms with Crippen LogP contribution in [0.2, 0.25) is 0 Å². The van der Waals surface area contributed by atoms with E-state index in [-0.39, 0.29) is 0 Å². The Morgan fingerprint density at radius 3 is 2.79 bits per heavy atom. The number of alkyl halides is 1. The number of hydrogen-bond acceptors (Lipinski definition) is 3. The van der Waals surface area contributed by atoms with Gasteiger partial charge in [-0.15, -0.1) is 11.6 Å². The van der Waals surface area contributed by atoms with E-state index in [0.29, 0.717) is 19.1 Å². The smallest absolute Gasteiger partial charge is 0.137 e.